The molecule has 0 amide bonds. The first-order chi connectivity index (χ1) is 14.8. The average molecular weight is 431 g/mol. The summed E-state index contributed by atoms with van der Waals surface area (Å²) in [6, 6.07) is 8.81. The van der Waals surface area contributed by atoms with Crippen molar-refractivity contribution >= 4 is 23.3 Å². The summed E-state index contributed by atoms with van der Waals surface area (Å²) in [4.78, 5) is 0. The Balaban J connectivity index is 1.80. The minimum atomic E-state index is 1.03. The van der Waals surface area contributed by atoms with Crippen molar-refractivity contribution in [1.82, 2.24) is 9.13 Å². The van der Waals surface area contributed by atoms with Crippen LogP contribution in [0.15, 0.2) is 24.3 Å². The van der Waals surface area contributed by atoms with Gasteiger partial charge in [0.25, 0.3) is 0 Å². The first-order valence-electron chi connectivity index (χ1n) is 13.0. The smallest absolute Gasteiger partial charge is 0.180 e. The molecule has 2 rings (SSSR count). The quantitative estimate of drug-likeness (QED) is 0.169. The van der Waals surface area contributed by atoms with Crippen LogP contribution in [0.2, 0.25) is 0 Å². The summed E-state index contributed by atoms with van der Waals surface area (Å²) in [6.45, 7) is 6.71. The fourth-order valence-corrected chi connectivity index (χ4v) is 4.89. The van der Waals surface area contributed by atoms with E-state index in [1.807, 2.05) is 0 Å². The molecule has 170 valence electrons. The number of unbranched alkanes of at least 4 members (excludes halogenated alkanes) is 14. The predicted molar refractivity (Wildman–Crippen MR) is 136 cm³/mol. The van der Waals surface area contributed by atoms with Gasteiger partial charge >= 0.3 is 0 Å². The largest absolute Gasteiger partial charge is 0.317 e. The summed E-state index contributed by atoms with van der Waals surface area (Å²) in [5.41, 5.74) is 2.65. The second-order valence-electron chi connectivity index (χ2n) is 9.02. The molecule has 3 heteroatoms. The van der Waals surface area contributed by atoms with Gasteiger partial charge in [0.15, 0.2) is 4.77 Å². The van der Waals surface area contributed by atoms with E-state index in [2.05, 4.69) is 47.2 Å². The van der Waals surface area contributed by atoms with Gasteiger partial charge in [-0.2, -0.15) is 0 Å². The van der Waals surface area contributed by atoms with Crippen LogP contribution in [0.4, 0.5) is 0 Å². The number of fused-ring (bicyclic) bond motifs is 1. The van der Waals surface area contributed by atoms with E-state index < -0.39 is 0 Å². The zero-order chi connectivity index (χ0) is 21.4. The fourth-order valence-electron chi connectivity index (χ4n) is 4.51. The Labute approximate surface area is 191 Å². The van der Waals surface area contributed by atoms with Gasteiger partial charge in [-0.05, 0) is 37.2 Å². The molecule has 0 saturated carbocycles. The molecule has 0 radical (unpaired) electrons. The minimum Gasteiger partial charge on any atom is -0.317 e. The van der Waals surface area contributed by atoms with E-state index in [0.717, 1.165) is 17.9 Å². The van der Waals surface area contributed by atoms with E-state index in [1.165, 1.54) is 114 Å². The van der Waals surface area contributed by atoms with Gasteiger partial charge in [-0.3, -0.25) is 0 Å². The molecule has 0 aliphatic rings. The number of imidazole rings is 1. The summed E-state index contributed by atoms with van der Waals surface area (Å²) in [5.74, 6) is 0. The van der Waals surface area contributed by atoms with Gasteiger partial charge < -0.3 is 9.13 Å². The first-order valence-corrected chi connectivity index (χ1v) is 13.4. The summed E-state index contributed by atoms with van der Waals surface area (Å²) in [7, 11) is 0. The average Bonchev–Trinajstić information content (AvgIpc) is 3.03. The molecule has 1 aromatic heterocycles. The second-order valence-corrected chi connectivity index (χ2v) is 9.39. The third-order valence-electron chi connectivity index (χ3n) is 6.40. The Morgan fingerprint density at radius 3 is 1.23 bits per heavy atom. The van der Waals surface area contributed by atoms with Crippen molar-refractivity contribution in [2.24, 2.45) is 0 Å². The van der Waals surface area contributed by atoms with Crippen LogP contribution in [0.5, 0.6) is 0 Å². The van der Waals surface area contributed by atoms with Crippen LogP contribution in [0, 0.1) is 4.77 Å². The monoisotopic (exact) mass is 430 g/mol. The molecule has 2 aromatic rings. The van der Waals surface area contributed by atoms with Gasteiger partial charge in [0, 0.05) is 13.1 Å². The predicted octanol–water partition coefficient (Wildman–Crippen LogP) is 9.45. The fraction of sp³-hybridized carbons (Fsp3) is 0.741. The van der Waals surface area contributed by atoms with Crippen molar-refractivity contribution in [2.75, 3.05) is 0 Å². The van der Waals surface area contributed by atoms with E-state index in [4.69, 9.17) is 12.2 Å². The maximum Gasteiger partial charge on any atom is 0.180 e. The van der Waals surface area contributed by atoms with Crippen molar-refractivity contribution in [3.63, 3.8) is 0 Å². The highest BCUT2D eigenvalue weighted by atomic mass is 32.1. The molecular weight excluding hydrogens is 384 g/mol. The summed E-state index contributed by atoms with van der Waals surface area (Å²) in [5, 5.41) is 0. The molecular formula is C27H46N2S. The molecule has 1 heterocycles. The molecule has 0 unspecified atom stereocenters. The molecule has 0 aliphatic carbocycles. The highest BCUT2D eigenvalue weighted by Gasteiger charge is 2.09. The number of nitrogens with zero attached hydrogens (tertiary/aromatic N) is 2. The molecule has 0 aliphatic heterocycles. The lowest BCUT2D eigenvalue weighted by Crippen LogP contribution is -2.02. The number of hydrogen-bond acceptors (Lipinski definition) is 1. The van der Waals surface area contributed by atoms with Gasteiger partial charge in [-0.1, -0.05) is 116 Å². The van der Waals surface area contributed by atoms with Crippen LogP contribution >= 0.6 is 12.2 Å². The number of benzene rings is 1. The highest BCUT2D eigenvalue weighted by molar-refractivity contribution is 7.71. The van der Waals surface area contributed by atoms with Crippen molar-refractivity contribution in [3.05, 3.63) is 29.0 Å². The summed E-state index contributed by atoms with van der Waals surface area (Å²) >= 11 is 5.92. The van der Waals surface area contributed by atoms with E-state index in [0.29, 0.717) is 0 Å². The van der Waals surface area contributed by atoms with E-state index in [-0.39, 0.29) is 0 Å². The normalized spacial score (nSPS) is 11.5. The number of para-hydroxylation sites is 2. The van der Waals surface area contributed by atoms with E-state index in [9.17, 15) is 0 Å². The molecule has 0 bridgehead atoms. The Kier molecular flexibility index (Phi) is 13.2. The van der Waals surface area contributed by atoms with Crippen molar-refractivity contribution in [1.29, 1.82) is 0 Å². The number of aryl methyl sites for hydroxylation is 2. The van der Waals surface area contributed by atoms with Gasteiger partial charge in [0.1, 0.15) is 0 Å². The van der Waals surface area contributed by atoms with Gasteiger partial charge in [-0.15, -0.1) is 0 Å². The zero-order valence-corrected chi connectivity index (χ0v) is 20.7. The standard InChI is InChI=1S/C27H46N2S/c1-3-5-7-9-11-13-15-19-23-28-25-21-17-18-22-26(25)29(27(28)30)24-20-16-14-12-10-8-6-4-2/h17-18,21-22H,3-16,19-20,23-24H2,1-2H3. The van der Waals surface area contributed by atoms with Crippen molar-refractivity contribution in [2.45, 2.75) is 130 Å². The van der Waals surface area contributed by atoms with Crippen LogP contribution in [-0.2, 0) is 13.1 Å². The lowest BCUT2D eigenvalue weighted by atomic mass is 10.1. The third kappa shape index (κ3) is 8.57. The molecule has 1 aromatic carbocycles. The molecule has 0 N–H and O–H groups in total. The summed E-state index contributed by atoms with van der Waals surface area (Å²) < 4.78 is 5.82. The van der Waals surface area contributed by atoms with Gasteiger partial charge in [0.05, 0.1) is 11.0 Å². The van der Waals surface area contributed by atoms with Gasteiger partial charge in [0.2, 0.25) is 0 Å². The lowest BCUT2D eigenvalue weighted by Gasteiger charge is -2.06. The van der Waals surface area contributed by atoms with Crippen LogP contribution in [0.3, 0.4) is 0 Å². The third-order valence-corrected chi connectivity index (χ3v) is 6.84. The second kappa shape index (κ2) is 15.7. The van der Waals surface area contributed by atoms with Crippen LogP contribution in [0.25, 0.3) is 11.0 Å². The van der Waals surface area contributed by atoms with Crippen molar-refractivity contribution < 1.29 is 0 Å². The Morgan fingerprint density at radius 1 is 0.533 bits per heavy atom. The Morgan fingerprint density at radius 2 is 0.867 bits per heavy atom. The van der Waals surface area contributed by atoms with Crippen molar-refractivity contribution in [3.8, 4) is 0 Å². The van der Waals surface area contributed by atoms with E-state index in [1.54, 1.807) is 0 Å². The molecule has 2 nitrogen and oxygen atoms in total. The Hall–Kier alpha value is -1.09. The SMILES string of the molecule is CCCCCCCCCCn1c(=S)n(CCCCCCCCCC)c2ccccc21. The van der Waals surface area contributed by atoms with E-state index >= 15 is 0 Å². The molecule has 0 saturated heterocycles. The number of hydrogen-bond donors (Lipinski definition) is 0. The molecule has 30 heavy (non-hydrogen) atoms. The van der Waals surface area contributed by atoms with Gasteiger partial charge in [-0.25, -0.2) is 0 Å². The minimum absolute atomic E-state index is 1.03. The Bertz CT molecular complexity index is 683. The topological polar surface area (TPSA) is 9.86 Å². The molecule has 0 fully saturated rings. The van der Waals surface area contributed by atoms with Crippen LogP contribution < -0.4 is 0 Å². The lowest BCUT2D eigenvalue weighted by molar-refractivity contribution is 0.527. The number of rotatable bonds is 18. The maximum atomic E-state index is 5.92. The highest BCUT2D eigenvalue weighted by Crippen LogP contribution is 2.20. The number of aromatic nitrogens is 2. The van der Waals surface area contributed by atoms with Crippen LogP contribution in [-0.4, -0.2) is 9.13 Å². The summed E-state index contributed by atoms with van der Waals surface area (Å²) in [6.07, 6.45) is 21.8. The maximum absolute atomic E-state index is 5.92. The zero-order valence-electron chi connectivity index (χ0n) is 19.8. The first kappa shape index (κ1) is 25.2. The molecule has 0 spiro atoms. The molecule has 0 atom stereocenters. The van der Waals surface area contributed by atoms with Crippen LogP contribution in [0.1, 0.15) is 117 Å².